The highest BCUT2D eigenvalue weighted by atomic mass is 16.5. The Balaban J connectivity index is 1.82. The van der Waals surface area contributed by atoms with Crippen molar-refractivity contribution in [1.29, 1.82) is 0 Å². The zero-order valence-electron chi connectivity index (χ0n) is 9.78. The SMILES string of the molecule is c1ccc(Cc2cc(-c3cccnc3)on2)cc1. The standard InChI is InChI=1S/C15H12N2O/c1-2-5-12(6-3-1)9-14-10-15(18-17-14)13-7-4-8-16-11-13/h1-8,10-11H,9H2. The fourth-order valence-corrected chi connectivity index (χ4v) is 1.84. The van der Waals surface area contributed by atoms with Crippen molar-refractivity contribution < 1.29 is 4.52 Å². The maximum atomic E-state index is 5.33. The second-order valence-corrected chi connectivity index (χ2v) is 4.09. The Kier molecular flexibility index (Phi) is 2.88. The van der Waals surface area contributed by atoms with E-state index in [-0.39, 0.29) is 0 Å². The minimum absolute atomic E-state index is 0.758. The van der Waals surface area contributed by atoms with Gasteiger partial charge in [0.1, 0.15) is 0 Å². The van der Waals surface area contributed by atoms with Crippen molar-refractivity contribution in [3.63, 3.8) is 0 Å². The van der Waals surface area contributed by atoms with Gasteiger partial charge >= 0.3 is 0 Å². The predicted octanol–water partition coefficient (Wildman–Crippen LogP) is 3.33. The summed E-state index contributed by atoms with van der Waals surface area (Å²) in [6.45, 7) is 0. The molecule has 3 nitrogen and oxygen atoms in total. The van der Waals surface area contributed by atoms with Gasteiger partial charge in [-0.3, -0.25) is 4.98 Å². The van der Waals surface area contributed by atoms with Crippen molar-refractivity contribution in [2.75, 3.05) is 0 Å². The predicted molar refractivity (Wildman–Crippen MR) is 69.0 cm³/mol. The Morgan fingerprint density at radius 3 is 2.67 bits per heavy atom. The van der Waals surface area contributed by atoms with Crippen LogP contribution in [0, 0.1) is 0 Å². The number of rotatable bonds is 3. The van der Waals surface area contributed by atoms with Crippen molar-refractivity contribution in [2.45, 2.75) is 6.42 Å². The molecular weight excluding hydrogens is 224 g/mol. The topological polar surface area (TPSA) is 38.9 Å². The van der Waals surface area contributed by atoms with Crippen LogP contribution in [0.3, 0.4) is 0 Å². The second kappa shape index (κ2) is 4.84. The minimum Gasteiger partial charge on any atom is -0.356 e. The number of pyridine rings is 1. The lowest BCUT2D eigenvalue weighted by molar-refractivity contribution is 0.425. The minimum atomic E-state index is 0.758. The monoisotopic (exact) mass is 236 g/mol. The van der Waals surface area contributed by atoms with E-state index >= 15 is 0 Å². The maximum absolute atomic E-state index is 5.33. The lowest BCUT2D eigenvalue weighted by Crippen LogP contribution is -1.86. The largest absolute Gasteiger partial charge is 0.356 e. The van der Waals surface area contributed by atoms with Crippen LogP contribution in [0.1, 0.15) is 11.3 Å². The first-order chi connectivity index (χ1) is 8.92. The van der Waals surface area contributed by atoms with Crippen LogP contribution in [0.5, 0.6) is 0 Å². The molecule has 0 saturated heterocycles. The van der Waals surface area contributed by atoms with Crippen molar-refractivity contribution in [1.82, 2.24) is 10.1 Å². The summed E-state index contributed by atoms with van der Waals surface area (Å²) < 4.78 is 5.33. The van der Waals surface area contributed by atoms with E-state index < -0.39 is 0 Å². The van der Waals surface area contributed by atoms with Crippen LogP contribution >= 0.6 is 0 Å². The van der Waals surface area contributed by atoms with Crippen LogP contribution in [0.15, 0.2) is 65.4 Å². The molecule has 0 unspecified atom stereocenters. The molecule has 3 heteroatoms. The normalized spacial score (nSPS) is 10.4. The van der Waals surface area contributed by atoms with Gasteiger partial charge in [0, 0.05) is 30.4 Å². The van der Waals surface area contributed by atoms with Gasteiger partial charge < -0.3 is 4.52 Å². The van der Waals surface area contributed by atoms with E-state index in [9.17, 15) is 0 Å². The first kappa shape index (κ1) is 10.7. The quantitative estimate of drug-likeness (QED) is 0.700. The summed E-state index contributed by atoms with van der Waals surface area (Å²) in [6.07, 6.45) is 4.29. The van der Waals surface area contributed by atoms with E-state index in [0.717, 1.165) is 23.4 Å². The summed E-state index contributed by atoms with van der Waals surface area (Å²) in [5.41, 5.74) is 3.10. The van der Waals surface area contributed by atoms with Crippen molar-refractivity contribution in [3.8, 4) is 11.3 Å². The molecular formula is C15H12N2O. The molecule has 0 fully saturated rings. The highest BCUT2D eigenvalue weighted by molar-refractivity contribution is 5.55. The summed E-state index contributed by atoms with van der Waals surface area (Å²) in [4.78, 5) is 4.07. The fourth-order valence-electron chi connectivity index (χ4n) is 1.84. The summed E-state index contributed by atoms with van der Waals surface area (Å²) in [5, 5.41) is 4.09. The molecule has 88 valence electrons. The lowest BCUT2D eigenvalue weighted by atomic mass is 10.1. The smallest absolute Gasteiger partial charge is 0.168 e. The summed E-state index contributed by atoms with van der Waals surface area (Å²) in [5.74, 6) is 0.758. The van der Waals surface area contributed by atoms with Gasteiger partial charge in [-0.15, -0.1) is 0 Å². The molecule has 0 aliphatic rings. The van der Waals surface area contributed by atoms with Gasteiger partial charge in [-0.25, -0.2) is 0 Å². The van der Waals surface area contributed by atoms with Crippen LogP contribution < -0.4 is 0 Å². The molecule has 0 spiro atoms. The summed E-state index contributed by atoms with van der Waals surface area (Å²) in [7, 11) is 0. The van der Waals surface area contributed by atoms with Crippen LogP contribution in [0.2, 0.25) is 0 Å². The highest BCUT2D eigenvalue weighted by Crippen LogP contribution is 2.20. The lowest BCUT2D eigenvalue weighted by Gasteiger charge is -1.94. The molecule has 1 aromatic carbocycles. The zero-order chi connectivity index (χ0) is 12.2. The molecule has 0 aliphatic carbocycles. The third kappa shape index (κ3) is 2.30. The zero-order valence-corrected chi connectivity index (χ0v) is 9.78. The molecule has 18 heavy (non-hydrogen) atoms. The van der Waals surface area contributed by atoms with Gasteiger partial charge in [0.15, 0.2) is 5.76 Å². The Labute approximate surface area is 105 Å². The number of hydrogen-bond acceptors (Lipinski definition) is 3. The van der Waals surface area contributed by atoms with Gasteiger partial charge in [-0.05, 0) is 17.7 Å². The van der Waals surface area contributed by atoms with Crippen LogP contribution in [0.4, 0.5) is 0 Å². The first-order valence-corrected chi connectivity index (χ1v) is 5.82. The molecule has 0 aliphatic heterocycles. The molecule has 0 amide bonds. The Morgan fingerprint density at radius 2 is 1.89 bits per heavy atom. The molecule has 0 atom stereocenters. The van der Waals surface area contributed by atoms with E-state index in [0.29, 0.717) is 0 Å². The van der Waals surface area contributed by atoms with Gasteiger partial charge in [-0.1, -0.05) is 35.5 Å². The molecule has 2 heterocycles. The second-order valence-electron chi connectivity index (χ2n) is 4.09. The average molecular weight is 236 g/mol. The van der Waals surface area contributed by atoms with E-state index in [1.165, 1.54) is 5.56 Å². The molecule has 0 N–H and O–H groups in total. The number of hydrogen-bond donors (Lipinski definition) is 0. The van der Waals surface area contributed by atoms with Crippen LogP contribution in [-0.2, 0) is 6.42 Å². The van der Waals surface area contributed by atoms with Crippen molar-refractivity contribution in [2.24, 2.45) is 0 Å². The molecule has 2 aromatic heterocycles. The number of aromatic nitrogens is 2. The van der Waals surface area contributed by atoms with E-state index in [1.54, 1.807) is 12.4 Å². The number of nitrogens with zero attached hydrogens (tertiary/aromatic N) is 2. The van der Waals surface area contributed by atoms with Gasteiger partial charge in [-0.2, -0.15) is 0 Å². The molecule has 0 saturated carbocycles. The van der Waals surface area contributed by atoms with Crippen molar-refractivity contribution >= 4 is 0 Å². The fraction of sp³-hybridized carbons (Fsp3) is 0.0667. The molecule has 0 radical (unpaired) electrons. The van der Waals surface area contributed by atoms with Gasteiger partial charge in [0.2, 0.25) is 0 Å². The van der Waals surface area contributed by atoms with Gasteiger partial charge in [0.05, 0.1) is 5.69 Å². The first-order valence-electron chi connectivity index (χ1n) is 5.82. The Bertz CT molecular complexity index is 617. The van der Waals surface area contributed by atoms with E-state index in [1.807, 2.05) is 36.4 Å². The van der Waals surface area contributed by atoms with E-state index in [2.05, 4.69) is 22.3 Å². The molecule has 3 rings (SSSR count). The average Bonchev–Trinajstić information content (AvgIpc) is 2.89. The molecule has 3 aromatic rings. The summed E-state index contributed by atoms with van der Waals surface area (Å²) >= 11 is 0. The third-order valence-corrected chi connectivity index (χ3v) is 2.73. The Morgan fingerprint density at radius 1 is 1.00 bits per heavy atom. The van der Waals surface area contributed by atoms with E-state index in [4.69, 9.17) is 4.52 Å². The summed E-state index contributed by atoms with van der Waals surface area (Å²) in [6, 6.07) is 16.0. The Hall–Kier alpha value is -2.42. The maximum Gasteiger partial charge on any atom is 0.168 e. The highest BCUT2D eigenvalue weighted by Gasteiger charge is 2.06. The van der Waals surface area contributed by atoms with Crippen LogP contribution in [0.25, 0.3) is 11.3 Å². The van der Waals surface area contributed by atoms with Crippen molar-refractivity contribution in [3.05, 3.63) is 72.2 Å². The number of benzene rings is 1. The van der Waals surface area contributed by atoms with Crippen LogP contribution in [-0.4, -0.2) is 10.1 Å². The van der Waals surface area contributed by atoms with Gasteiger partial charge in [0.25, 0.3) is 0 Å². The molecule has 0 bridgehead atoms. The third-order valence-electron chi connectivity index (χ3n) is 2.73.